The van der Waals surface area contributed by atoms with E-state index in [0.717, 1.165) is 42.6 Å². The quantitative estimate of drug-likeness (QED) is 0.800. The van der Waals surface area contributed by atoms with Crippen molar-refractivity contribution in [1.29, 1.82) is 0 Å². The fraction of sp³-hybridized carbons (Fsp3) is 0.600. The van der Waals surface area contributed by atoms with Gasteiger partial charge in [0, 0.05) is 44.1 Å². The molecule has 0 amide bonds. The van der Waals surface area contributed by atoms with Gasteiger partial charge in [0.25, 0.3) is 0 Å². The normalized spacial score (nSPS) is 15.8. The molecular formula is C15H21N5O2S. The average Bonchev–Trinajstić information content (AvgIpc) is 3.04. The molecule has 2 aromatic rings. The van der Waals surface area contributed by atoms with Crippen LogP contribution in [0, 0.1) is 12.8 Å². The van der Waals surface area contributed by atoms with Crippen LogP contribution >= 0.6 is 11.5 Å². The van der Waals surface area contributed by atoms with E-state index >= 15 is 0 Å². The number of ether oxygens (including phenoxy) is 2. The van der Waals surface area contributed by atoms with Crippen molar-refractivity contribution in [2.75, 3.05) is 31.7 Å². The molecule has 0 spiro atoms. The number of piperidine rings is 1. The zero-order valence-corrected chi connectivity index (χ0v) is 14.3. The summed E-state index contributed by atoms with van der Waals surface area (Å²) in [6, 6.07) is 0. The molecule has 0 bridgehead atoms. The predicted molar refractivity (Wildman–Crippen MR) is 87.8 cm³/mol. The first-order chi connectivity index (χ1) is 11.3. The fourth-order valence-corrected chi connectivity index (χ4v) is 3.31. The number of methoxy groups -OCH3 is 1. The zero-order valence-electron chi connectivity index (χ0n) is 13.4. The van der Waals surface area contributed by atoms with Crippen molar-refractivity contribution >= 4 is 16.7 Å². The number of aryl methyl sites for hydroxylation is 1. The van der Waals surface area contributed by atoms with Crippen LogP contribution < -0.4 is 9.64 Å². The third kappa shape index (κ3) is 4.14. The number of aromatic nitrogens is 4. The molecule has 3 rings (SSSR count). The summed E-state index contributed by atoms with van der Waals surface area (Å²) >= 11 is 1.44. The number of nitrogens with zero attached hydrogens (tertiary/aromatic N) is 5. The SMILES string of the molecule is COCc1nsc(N2CCC(COc3nccnc3C)CC2)n1. The maximum Gasteiger partial charge on any atom is 0.235 e. The molecule has 1 saturated heterocycles. The smallest absolute Gasteiger partial charge is 0.235 e. The van der Waals surface area contributed by atoms with Gasteiger partial charge >= 0.3 is 0 Å². The average molecular weight is 335 g/mol. The second-order valence-corrected chi connectivity index (χ2v) is 6.34. The zero-order chi connectivity index (χ0) is 16.1. The van der Waals surface area contributed by atoms with Gasteiger partial charge in [-0.1, -0.05) is 0 Å². The topological polar surface area (TPSA) is 73.3 Å². The first-order valence-electron chi connectivity index (χ1n) is 7.73. The Morgan fingerprint density at radius 1 is 1.26 bits per heavy atom. The van der Waals surface area contributed by atoms with Gasteiger partial charge in [0.05, 0.1) is 12.3 Å². The van der Waals surface area contributed by atoms with Crippen LogP contribution in [0.3, 0.4) is 0 Å². The van der Waals surface area contributed by atoms with Crippen molar-refractivity contribution in [2.45, 2.75) is 26.4 Å². The van der Waals surface area contributed by atoms with Gasteiger partial charge in [0.1, 0.15) is 6.61 Å². The third-order valence-electron chi connectivity index (χ3n) is 3.91. The number of rotatable bonds is 6. The molecule has 1 aliphatic rings. The van der Waals surface area contributed by atoms with E-state index in [9.17, 15) is 0 Å². The van der Waals surface area contributed by atoms with Crippen LogP contribution in [0.1, 0.15) is 24.4 Å². The van der Waals surface area contributed by atoms with Crippen molar-refractivity contribution in [1.82, 2.24) is 19.3 Å². The molecule has 7 nitrogen and oxygen atoms in total. The highest BCUT2D eigenvalue weighted by molar-refractivity contribution is 7.09. The standard InChI is InChI=1S/C15H21N5O2S/c1-11-14(17-6-5-16-11)22-9-12-3-7-20(8-4-12)15-18-13(10-21-2)19-23-15/h5-6,12H,3-4,7-10H2,1-2H3. The highest BCUT2D eigenvalue weighted by Gasteiger charge is 2.22. The van der Waals surface area contributed by atoms with E-state index in [-0.39, 0.29) is 0 Å². The minimum absolute atomic E-state index is 0.471. The molecule has 0 atom stereocenters. The molecule has 124 valence electrons. The molecule has 0 saturated carbocycles. The van der Waals surface area contributed by atoms with E-state index in [4.69, 9.17) is 9.47 Å². The Hall–Kier alpha value is -1.80. The summed E-state index contributed by atoms with van der Waals surface area (Å²) < 4.78 is 15.2. The molecule has 8 heteroatoms. The van der Waals surface area contributed by atoms with Gasteiger partial charge in [-0.25, -0.2) is 9.97 Å². The van der Waals surface area contributed by atoms with E-state index in [1.165, 1.54) is 11.5 Å². The van der Waals surface area contributed by atoms with Crippen LogP contribution in [0.15, 0.2) is 12.4 Å². The number of anilines is 1. The van der Waals surface area contributed by atoms with Gasteiger partial charge in [0.2, 0.25) is 11.0 Å². The maximum atomic E-state index is 5.82. The Bertz CT molecular complexity index is 628. The van der Waals surface area contributed by atoms with E-state index in [0.29, 0.717) is 25.0 Å². The van der Waals surface area contributed by atoms with Gasteiger partial charge < -0.3 is 14.4 Å². The summed E-state index contributed by atoms with van der Waals surface area (Å²) in [6.07, 6.45) is 5.51. The molecule has 0 N–H and O–H groups in total. The van der Waals surface area contributed by atoms with E-state index < -0.39 is 0 Å². The van der Waals surface area contributed by atoms with Crippen molar-refractivity contribution in [3.8, 4) is 5.88 Å². The lowest BCUT2D eigenvalue weighted by molar-refractivity contribution is 0.179. The fourth-order valence-electron chi connectivity index (χ4n) is 2.59. The lowest BCUT2D eigenvalue weighted by Gasteiger charge is -2.31. The van der Waals surface area contributed by atoms with Gasteiger partial charge in [-0.3, -0.25) is 4.98 Å². The van der Waals surface area contributed by atoms with Gasteiger partial charge in [-0.15, -0.1) is 0 Å². The number of hydrogen-bond donors (Lipinski definition) is 0. The maximum absolute atomic E-state index is 5.82. The van der Waals surface area contributed by atoms with Crippen LogP contribution in [0.25, 0.3) is 0 Å². The van der Waals surface area contributed by atoms with E-state index in [1.54, 1.807) is 19.5 Å². The van der Waals surface area contributed by atoms with Gasteiger partial charge in [-0.05, 0) is 25.7 Å². The van der Waals surface area contributed by atoms with Crippen LogP contribution in [-0.2, 0) is 11.3 Å². The Balaban J connectivity index is 1.47. The summed E-state index contributed by atoms with van der Waals surface area (Å²) in [7, 11) is 1.66. The molecule has 0 aromatic carbocycles. The largest absolute Gasteiger partial charge is 0.476 e. The Morgan fingerprint density at radius 3 is 2.78 bits per heavy atom. The predicted octanol–water partition coefficient (Wildman–Crippen LogP) is 2.08. The van der Waals surface area contributed by atoms with Crippen LogP contribution in [0.2, 0.25) is 0 Å². The van der Waals surface area contributed by atoms with Crippen molar-refractivity contribution in [3.63, 3.8) is 0 Å². The van der Waals surface area contributed by atoms with Crippen molar-refractivity contribution in [3.05, 3.63) is 23.9 Å². The van der Waals surface area contributed by atoms with Gasteiger partial charge in [0.15, 0.2) is 5.82 Å². The Morgan fingerprint density at radius 2 is 2.04 bits per heavy atom. The molecule has 3 heterocycles. The Labute approximate surface area is 139 Å². The lowest BCUT2D eigenvalue weighted by atomic mass is 9.98. The first-order valence-corrected chi connectivity index (χ1v) is 8.50. The first kappa shape index (κ1) is 16.1. The summed E-state index contributed by atoms with van der Waals surface area (Å²) in [5.41, 5.74) is 0.837. The van der Waals surface area contributed by atoms with Gasteiger partial charge in [-0.2, -0.15) is 4.37 Å². The van der Waals surface area contributed by atoms with Crippen LogP contribution in [-0.4, -0.2) is 46.1 Å². The Kier molecular flexibility index (Phi) is 5.35. The molecule has 2 aromatic heterocycles. The molecule has 0 radical (unpaired) electrons. The molecule has 23 heavy (non-hydrogen) atoms. The summed E-state index contributed by atoms with van der Waals surface area (Å²) in [4.78, 5) is 15.2. The van der Waals surface area contributed by atoms with Crippen LogP contribution in [0.4, 0.5) is 5.13 Å². The third-order valence-corrected chi connectivity index (χ3v) is 4.72. The molecule has 0 unspecified atom stereocenters. The summed E-state index contributed by atoms with van der Waals surface area (Å²) in [5, 5.41) is 0.987. The summed E-state index contributed by atoms with van der Waals surface area (Å²) in [5.74, 6) is 1.94. The molecule has 0 aliphatic carbocycles. The van der Waals surface area contributed by atoms with E-state index in [1.807, 2.05) is 6.92 Å². The second kappa shape index (κ2) is 7.65. The highest BCUT2D eigenvalue weighted by Crippen LogP contribution is 2.25. The summed E-state index contributed by atoms with van der Waals surface area (Å²) in [6.45, 7) is 5.04. The highest BCUT2D eigenvalue weighted by atomic mass is 32.1. The minimum Gasteiger partial charge on any atom is -0.476 e. The molecule has 1 fully saturated rings. The molecule has 1 aliphatic heterocycles. The second-order valence-electron chi connectivity index (χ2n) is 5.61. The van der Waals surface area contributed by atoms with Crippen LogP contribution in [0.5, 0.6) is 5.88 Å². The van der Waals surface area contributed by atoms with Crippen molar-refractivity contribution < 1.29 is 9.47 Å². The van der Waals surface area contributed by atoms with E-state index in [2.05, 4.69) is 24.2 Å². The number of hydrogen-bond acceptors (Lipinski definition) is 8. The minimum atomic E-state index is 0.471. The van der Waals surface area contributed by atoms with Crippen molar-refractivity contribution in [2.24, 2.45) is 5.92 Å². The lowest BCUT2D eigenvalue weighted by Crippen LogP contribution is -2.35. The molecular weight excluding hydrogens is 314 g/mol. The monoisotopic (exact) mass is 335 g/mol.